The molecular weight excluding hydrogens is 238 g/mol. The lowest BCUT2D eigenvalue weighted by molar-refractivity contribution is -0.145. The van der Waals surface area contributed by atoms with E-state index in [0.29, 0.717) is 13.2 Å². The van der Waals surface area contributed by atoms with Gasteiger partial charge in [-0.3, -0.25) is 9.69 Å². The van der Waals surface area contributed by atoms with Gasteiger partial charge in [0.05, 0.1) is 13.2 Å². The summed E-state index contributed by atoms with van der Waals surface area (Å²) in [5.74, 6) is -0.0772. The largest absolute Gasteiger partial charge is 0.465 e. The number of esters is 1. The van der Waals surface area contributed by atoms with Gasteiger partial charge in [-0.1, -0.05) is 65.7 Å². The number of likely N-dealkylation sites (N-methyl/N-ethyl adjacent to an activating group) is 1. The molecule has 0 saturated carbocycles. The Morgan fingerprint density at radius 2 is 1.37 bits per heavy atom. The molecule has 0 aromatic rings. The van der Waals surface area contributed by atoms with Crippen LogP contribution in [0.25, 0.3) is 0 Å². The van der Waals surface area contributed by atoms with Crippen molar-refractivity contribution in [2.45, 2.75) is 72.1 Å². The van der Waals surface area contributed by atoms with Crippen LogP contribution in [0, 0.1) is 0 Å². The van der Waals surface area contributed by atoms with Crippen molar-refractivity contribution in [3.8, 4) is 0 Å². The van der Waals surface area contributed by atoms with Gasteiger partial charge in [0.15, 0.2) is 0 Å². The Hall–Kier alpha value is -0.570. The maximum Gasteiger partial charge on any atom is 0.320 e. The molecule has 0 spiro atoms. The molecule has 0 aromatic heterocycles. The smallest absolute Gasteiger partial charge is 0.320 e. The van der Waals surface area contributed by atoms with E-state index in [0.717, 1.165) is 19.5 Å². The highest BCUT2D eigenvalue weighted by Crippen LogP contribution is 2.08. The predicted octanol–water partition coefficient (Wildman–Crippen LogP) is 4.01. The van der Waals surface area contributed by atoms with E-state index in [-0.39, 0.29) is 5.97 Å². The van der Waals surface area contributed by atoms with E-state index in [1.54, 1.807) is 0 Å². The molecule has 19 heavy (non-hydrogen) atoms. The SMILES string of the molecule is CCCCCCCCCCOC(=O)CN(CC)CC. The van der Waals surface area contributed by atoms with Crippen LogP contribution in [0.5, 0.6) is 0 Å². The Labute approximate surface area is 119 Å². The van der Waals surface area contributed by atoms with Crippen molar-refractivity contribution in [1.82, 2.24) is 4.90 Å². The second kappa shape index (κ2) is 13.9. The van der Waals surface area contributed by atoms with Crippen LogP contribution in [-0.4, -0.2) is 37.1 Å². The van der Waals surface area contributed by atoms with E-state index in [9.17, 15) is 4.79 Å². The number of hydrogen-bond donors (Lipinski definition) is 0. The van der Waals surface area contributed by atoms with Gasteiger partial charge in [-0.25, -0.2) is 0 Å². The summed E-state index contributed by atoms with van der Waals surface area (Å²) in [4.78, 5) is 13.6. The Bertz CT molecular complexity index is 203. The summed E-state index contributed by atoms with van der Waals surface area (Å²) in [5.41, 5.74) is 0. The Morgan fingerprint density at radius 1 is 0.842 bits per heavy atom. The monoisotopic (exact) mass is 271 g/mol. The zero-order valence-electron chi connectivity index (χ0n) is 13.2. The van der Waals surface area contributed by atoms with Crippen LogP contribution in [0.15, 0.2) is 0 Å². The Morgan fingerprint density at radius 3 is 1.89 bits per heavy atom. The van der Waals surface area contributed by atoms with Gasteiger partial charge in [0.1, 0.15) is 0 Å². The third-order valence-corrected chi connectivity index (χ3v) is 3.51. The molecular formula is C16H33NO2. The molecule has 0 radical (unpaired) electrons. The van der Waals surface area contributed by atoms with Crippen molar-refractivity contribution in [2.24, 2.45) is 0 Å². The highest BCUT2D eigenvalue weighted by Gasteiger charge is 2.07. The van der Waals surface area contributed by atoms with Gasteiger partial charge in [-0.2, -0.15) is 0 Å². The zero-order valence-corrected chi connectivity index (χ0v) is 13.2. The van der Waals surface area contributed by atoms with Gasteiger partial charge in [0, 0.05) is 0 Å². The molecule has 114 valence electrons. The molecule has 0 N–H and O–H groups in total. The lowest BCUT2D eigenvalue weighted by atomic mass is 10.1. The predicted molar refractivity (Wildman–Crippen MR) is 81.4 cm³/mol. The fourth-order valence-electron chi connectivity index (χ4n) is 2.10. The molecule has 0 unspecified atom stereocenters. The normalized spacial score (nSPS) is 10.9. The lowest BCUT2D eigenvalue weighted by Crippen LogP contribution is -2.30. The zero-order chi connectivity index (χ0) is 14.3. The molecule has 0 aliphatic carbocycles. The minimum atomic E-state index is -0.0772. The summed E-state index contributed by atoms with van der Waals surface area (Å²) in [5, 5.41) is 0. The summed E-state index contributed by atoms with van der Waals surface area (Å²) in [6.45, 7) is 9.21. The average Bonchev–Trinajstić information content (AvgIpc) is 2.43. The van der Waals surface area contributed by atoms with Gasteiger partial charge in [-0.15, -0.1) is 0 Å². The maximum absolute atomic E-state index is 11.5. The third kappa shape index (κ3) is 12.2. The first kappa shape index (κ1) is 18.4. The molecule has 3 nitrogen and oxygen atoms in total. The summed E-state index contributed by atoms with van der Waals surface area (Å²) in [6, 6.07) is 0. The number of carbonyl (C=O) groups is 1. The third-order valence-electron chi connectivity index (χ3n) is 3.51. The molecule has 0 aliphatic heterocycles. The van der Waals surface area contributed by atoms with E-state index in [1.807, 2.05) is 0 Å². The molecule has 0 rings (SSSR count). The topological polar surface area (TPSA) is 29.5 Å². The van der Waals surface area contributed by atoms with Crippen LogP contribution in [0.2, 0.25) is 0 Å². The summed E-state index contributed by atoms with van der Waals surface area (Å²) in [7, 11) is 0. The Balaban J connectivity index is 3.27. The maximum atomic E-state index is 11.5. The number of rotatable bonds is 13. The van der Waals surface area contributed by atoms with Gasteiger partial charge in [0.2, 0.25) is 0 Å². The van der Waals surface area contributed by atoms with Crippen molar-refractivity contribution in [3.05, 3.63) is 0 Å². The van der Waals surface area contributed by atoms with Gasteiger partial charge in [-0.05, 0) is 19.5 Å². The molecule has 0 bridgehead atoms. The molecule has 0 aromatic carbocycles. The quantitative estimate of drug-likeness (QED) is 0.374. The van der Waals surface area contributed by atoms with E-state index in [2.05, 4.69) is 25.7 Å². The molecule has 0 heterocycles. The first-order valence-electron chi connectivity index (χ1n) is 8.12. The molecule has 0 saturated heterocycles. The van der Waals surface area contributed by atoms with E-state index in [1.165, 1.54) is 44.9 Å². The standard InChI is InChI=1S/C16H33NO2/c1-4-7-8-9-10-11-12-13-14-19-16(18)15-17(5-2)6-3/h4-15H2,1-3H3. The van der Waals surface area contributed by atoms with Crippen molar-refractivity contribution >= 4 is 5.97 Å². The van der Waals surface area contributed by atoms with Crippen LogP contribution in [0.4, 0.5) is 0 Å². The second-order valence-electron chi connectivity index (χ2n) is 5.16. The van der Waals surface area contributed by atoms with E-state index < -0.39 is 0 Å². The highest BCUT2D eigenvalue weighted by molar-refractivity contribution is 5.71. The molecule has 3 heteroatoms. The molecule has 0 atom stereocenters. The highest BCUT2D eigenvalue weighted by atomic mass is 16.5. The number of ether oxygens (including phenoxy) is 1. The number of nitrogens with zero attached hydrogens (tertiary/aromatic N) is 1. The van der Waals surface area contributed by atoms with Crippen molar-refractivity contribution in [1.29, 1.82) is 0 Å². The molecule has 0 aliphatic rings. The summed E-state index contributed by atoms with van der Waals surface area (Å²) >= 11 is 0. The van der Waals surface area contributed by atoms with Crippen LogP contribution in [-0.2, 0) is 9.53 Å². The van der Waals surface area contributed by atoms with Crippen molar-refractivity contribution in [3.63, 3.8) is 0 Å². The summed E-state index contributed by atoms with van der Waals surface area (Å²) < 4.78 is 5.24. The fraction of sp³-hybridized carbons (Fsp3) is 0.938. The van der Waals surface area contributed by atoms with Crippen LogP contribution in [0.3, 0.4) is 0 Å². The van der Waals surface area contributed by atoms with Gasteiger partial charge < -0.3 is 4.74 Å². The number of unbranched alkanes of at least 4 members (excludes halogenated alkanes) is 7. The Kier molecular flexibility index (Phi) is 13.4. The van der Waals surface area contributed by atoms with Crippen LogP contribution < -0.4 is 0 Å². The minimum absolute atomic E-state index is 0.0772. The number of hydrogen-bond acceptors (Lipinski definition) is 3. The summed E-state index contributed by atoms with van der Waals surface area (Å²) in [6.07, 6.45) is 10.2. The second-order valence-corrected chi connectivity index (χ2v) is 5.16. The van der Waals surface area contributed by atoms with E-state index >= 15 is 0 Å². The van der Waals surface area contributed by atoms with Gasteiger partial charge >= 0.3 is 5.97 Å². The lowest BCUT2D eigenvalue weighted by Gasteiger charge is -2.16. The van der Waals surface area contributed by atoms with E-state index in [4.69, 9.17) is 4.74 Å². The first-order chi connectivity index (χ1) is 9.24. The molecule has 0 fully saturated rings. The van der Waals surface area contributed by atoms with Gasteiger partial charge in [0.25, 0.3) is 0 Å². The van der Waals surface area contributed by atoms with Crippen LogP contribution >= 0.6 is 0 Å². The van der Waals surface area contributed by atoms with Crippen LogP contribution in [0.1, 0.15) is 72.1 Å². The van der Waals surface area contributed by atoms with Crippen molar-refractivity contribution in [2.75, 3.05) is 26.2 Å². The first-order valence-corrected chi connectivity index (χ1v) is 8.12. The average molecular weight is 271 g/mol. The minimum Gasteiger partial charge on any atom is -0.465 e. The fourth-order valence-corrected chi connectivity index (χ4v) is 2.10. The number of carbonyl (C=O) groups excluding carboxylic acids is 1. The molecule has 0 amide bonds. The van der Waals surface area contributed by atoms with Crippen molar-refractivity contribution < 1.29 is 9.53 Å².